The van der Waals surface area contributed by atoms with Crippen LogP contribution >= 0.6 is 23.2 Å². The maximum absolute atomic E-state index is 11.3. The topological polar surface area (TPSA) is 79.5 Å². The molecule has 1 N–H and O–H groups in total. The van der Waals surface area contributed by atoms with Crippen molar-refractivity contribution in [2.75, 3.05) is 13.2 Å². The van der Waals surface area contributed by atoms with E-state index >= 15 is 0 Å². The lowest BCUT2D eigenvalue weighted by atomic mass is 9.75. The number of carboxylic acids is 1. The third kappa shape index (κ3) is 5.58. The number of ether oxygens (including phenoxy) is 2. The Morgan fingerprint density at radius 3 is 2.80 bits per heavy atom. The molecule has 5 nitrogen and oxygen atoms in total. The third-order valence-electron chi connectivity index (χ3n) is 4.33. The molecule has 1 aliphatic heterocycles. The van der Waals surface area contributed by atoms with Gasteiger partial charge in [-0.25, -0.2) is 0 Å². The van der Waals surface area contributed by atoms with Gasteiger partial charge in [-0.3, -0.25) is 4.79 Å². The largest absolute Gasteiger partial charge is 0.481 e. The Hall–Kier alpha value is -1.32. The zero-order valence-corrected chi connectivity index (χ0v) is 15.4. The van der Waals surface area contributed by atoms with Gasteiger partial charge in [-0.05, 0) is 49.8 Å². The number of hydrogen-bond acceptors (Lipinski definition) is 4. The van der Waals surface area contributed by atoms with Gasteiger partial charge in [0.2, 0.25) is 0 Å². The van der Waals surface area contributed by atoms with Gasteiger partial charge in [0, 0.05) is 13.2 Å². The molecule has 0 aliphatic carbocycles. The quantitative estimate of drug-likeness (QED) is 0.663. The molecule has 7 heteroatoms. The van der Waals surface area contributed by atoms with Crippen LogP contribution in [0.3, 0.4) is 0 Å². The number of aliphatic carboxylic acids is 1. The Morgan fingerprint density at radius 1 is 1.40 bits per heavy atom. The minimum atomic E-state index is -1.17. The zero-order chi connectivity index (χ0) is 18.3. The average Bonchev–Trinajstić information content (AvgIpc) is 2.60. The van der Waals surface area contributed by atoms with Crippen molar-refractivity contribution >= 4 is 29.2 Å². The van der Waals surface area contributed by atoms with Crippen LogP contribution in [0.4, 0.5) is 0 Å². The molecular formula is C18H21Cl2NO4. The van der Waals surface area contributed by atoms with Gasteiger partial charge >= 0.3 is 5.97 Å². The van der Waals surface area contributed by atoms with Crippen LogP contribution in [-0.2, 0) is 19.7 Å². The van der Waals surface area contributed by atoms with Crippen molar-refractivity contribution in [3.63, 3.8) is 0 Å². The van der Waals surface area contributed by atoms with E-state index in [0.717, 1.165) is 19.3 Å². The van der Waals surface area contributed by atoms with Crippen LogP contribution in [0.15, 0.2) is 18.2 Å². The van der Waals surface area contributed by atoms with Crippen molar-refractivity contribution in [2.24, 2.45) is 0 Å². The van der Waals surface area contributed by atoms with Crippen LogP contribution in [0.2, 0.25) is 10.0 Å². The van der Waals surface area contributed by atoms with Crippen LogP contribution < -0.4 is 0 Å². The van der Waals surface area contributed by atoms with Gasteiger partial charge in [0.15, 0.2) is 6.29 Å². The molecule has 1 heterocycles. The van der Waals surface area contributed by atoms with E-state index in [1.54, 1.807) is 18.2 Å². The van der Waals surface area contributed by atoms with E-state index in [2.05, 4.69) is 6.07 Å². The summed E-state index contributed by atoms with van der Waals surface area (Å²) in [6.07, 6.45) is 3.38. The summed E-state index contributed by atoms with van der Waals surface area (Å²) in [5, 5.41) is 19.7. The second kappa shape index (κ2) is 9.40. The molecule has 2 unspecified atom stereocenters. The Bertz CT molecular complexity index is 640. The van der Waals surface area contributed by atoms with Gasteiger partial charge in [-0.15, -0.1) is 0 Å². The molecule has 2 atom stereocenters. The Kier molecular flexibility index (Phi) is 7.52. The van der Waals surface area contributed by atoms with Gasteiger partial charge in [-0.2, -0.15) is 5.26 Å². The first-order valence-corrected chi connectivity index (χ1v) is 9.04. The highest BCUT2D eigenvalue weighted by Crippen LogP contribution is 2.36. The van der Waals surface area contributed by atoms with Gasteiger partial charge in [0.25, 0.3) is 0 Å². The van der Waals surface area contributed by atoms with Crippen molar-refractivity contribution in [3.05, 3.63) is 33.8 Å². The first-order valence-electron chi connectivity index (χ1n) is 8.28. The number of hydrogen-bond donors (Lipinski definition) is 1. The number of carboxylic acid groups (broad SMARTS) is 1. The highest BCUT2D eigenvalue weighted by molar-refractivity contribution is 6.42. The summed E-state index contributed by atoms with van der Waals surface area (Å²) >= 11 is 12.0. The maximum atomic E-state index is 11.3. The summed E-state index contributed by atoms with van der Waals surface area (Å²) in [5.74, 6) is -1.04. The van der Waals surface area contributed by atoms with Gasteiger partial charge in [-0.1, -0.05) is 29.3 Å². The molecule has 2 rings (SSSR count). The van der Waals surface area contributed by atoms with Crippen LogP contribution in [0.25, 0.3) is 0 Å². The second-order valence-electron chi connectivity index (χ2n) is 6.16. The summed E-state index contributed by atoms with van der Waals surface area (Å²) in [5.41, 5.74) is -0.614. The van der Waals surface area contributed by atoms with Crippen molar-refractivity contribution in [1.29, 1.82) is 5.26 Å². The maximum Gasteiger partial charge on any atom is 0.305 e. The predicted molar refractivity (Wildman–Crippen MR) is 94.8 cm³/mol. The summed E-state index contributed by atoms with van der Waals surface area (Å²) < 4.78 is 11.2. The van der Waals surface area contributed by atoms with Gasteiger partial charge in [0.1, 0.15) is 0 Å². The van der Waals surface area contributed by atoms with Crippen molar-refractivity contribution in [2.45, 2.75) is 50.2 Å². The van der Waals surface area contributed by atoms with Crippen molar-refractivity contribution in [3.8, 4) is 6.07 Å². The lowest BCUT2D eigenvalue weighted by Gasteiger charge is -2.27. The molecule has 25 heavy (non-hydrogen) atoms. The first kappa shape index (κ1) is 20.0. The third-order valence-corrected chi connectivity index (χ3v) is 5.07. The molecular weight excluding hydrogens is 365 g/mol. The monoisotopic (exact) mass is 385 g/mol. The predicted octanol–water partition coefficient (Wildman–Crippen LogP) is 4.55. The molecule has 0 amide bonds. The van der Waals surface area contributed by atoms with E-state index in [4.69, 9.17) is 32.7 Å². The van der Waals surface area contributed by atoms with E-state index < -0.39 is 11.4 Å². The number of rotatable bonds is 8. The van der Waals surface area contributed by atoms with E-state index in [9.17, 15) is 15.2 Å². The minimum absolute atomic E-state index is 0.199. The van der Waals surface area contributed by atoms with E-state index in [0.29, 0.717) is 41.7 Å². The molecule has 1 aromatic carbocycles. The molecule has 1 saturated heterocycles. The molecule has 0 bridgehead atoms. The molecule has 1 fully saturated rings. The molecule has 0 saturated carbocycles. The molecule has 136 valence electrons. The lowest BCUT2D eigenvalue weighted by molar-refractivity contribution is -0.163. The highest BCUT2D eigenvalue weighted by Gasteiger charge is 2.35. The molecule has 0 aromatic heterocycles. The number of nitrogens with zero attached hydrogens (tertiary/aromatic N) is 1. The summed E-state index contributed by atoms with van der Waals surface area (Å²) in [7, 11) is 0. The van der Waals surface area contributed by atoms with Gasteiger partial charge in [0.05, 0.1) is 28.0 Å². The fourth-order valence-electron chi connectivity index (χ4n) is 2.98. The summed E-state index contributed by atoms with van der Waals surface area (Å²) in [6, 6.07) is 6.99. The van der Waals surface area contributed by atoms with E-state index in [1.165, 1.54) is 0 Å². The summed E-state index contributed by atoms with van der Waals surface area (Å²) in [4.78, 5) is 11.3. The lowest BCUT2D eigenvalue weighted by Crippen LogP contribution is -2.29. The van der Waals surface area contributed by atoms with Crippen molar-refractivity contribution in [1.82, 2.24) is 0 Å². The average molecular weight is 386 g/mol. The summed E-state index contributed by atoms with van der Waals surface area (Å²) in [6.45, 7) is 1.12. The van der Waals surface area contributed by atoms with Crippen LogP contribution in [0.5, 0.6) is 0 Å². The first-order chi connectivity index (χ1) is 12.0. The number of carbonyl (C=O) groups is 1. The zero-order valence-electron chi connectivity index (χ0n) is 13.8. The van der Waals surface area contributed by atoms with Crippen molar-refractivity contribution < 1.29 is 19.4 Å². The van der Waals surface area contributed by atoms with E-state index in [-0.39, 0.29) is 12.7 Å². The normalized spacial score (nSPS) is 19.8. The Balaban J connectivity index is 2.05. The van der Waals surface area contributed by atoms with Crippen LogP contribution in [0, 0.1) is 11.3 Å². The molecule has 1 aliphatic rings. The van der Waals surface area contributed by atoms with Crippen LogP contribution in [-0.4, -0.2) is 30.6 Å². The van der Waals surface area contributed by atoms with Crippen LogP contribution in [0.1, 0.15) is 44.1 Å². The second-order valence-corrected chi connectivity index (χ2v) is 6.98. The number of nitriles is 1. The molecule has 1 aromatic rings. The SMILES string of the molecule is N#CC(CCCOC1CCCCO1)(CC(=O)O)c1ccc(Cl)c(Cl)c1. The van der Waals surface area contributed by atoms with Gasteiger partial charge < -0.3 is 14.6 Å². The highest BCUT2D eigenvalue weighted by atomic mass is 35.5. The number of benzene rings is 1. The fourth-order valence-corrected chi connectivity index (χ4v) is 3.28. The van der Waals surface area contributed by atoms with E-state index in [1.807, 2.05) is 0 Å². The molecule has 0 radical (unpaired) electrons. The Morgan fingerprint density at radius 2 is 2.20 bits per heavy atom. The fraction of sp³-hybridized carbons (Fsp3) is 0.556. The standard InChI is InChI=1S/C18H21Cl2NO4/c19-14-6-5-13(10-15(14)20)18(12-21,11-16(22)23)7-3-9-25-17-4-1-2-8-24-17/h5-6,10,17H,1-4,7-9,11H2,(H,22,23). The Labute approximate surface area is 157 Å². The smallest absolute Gasteiger partial charge is 0.305 e. The number of halogens is 2. The minimum Gasteiger partial charge on any atom is -0.481 e. The molecule has 0 spiro atoms.